The normalized spacial score (nSPS) is 12.0. The quantitative estimate of drug-likeness (QED) is 0.637. The van der Waals surface area contributed by atoms with E-state index < -0.39 is 12.1 Å². The third-order valence-electron chi connectivity index (χ3n) is 4.17. The molecule has 0 aromatic heterocycles. The number of ether oxygens (including phenoxy) is 1. The summed E-state index contributed by atoms with van der Waals surface area (Å²) in [6.07, 6.45) is 2.15. The summed E-state index contributed by atoms with van der Waals surface area (Å²) in [5, 5.41) is 2.85. The second-order valence-electron chi connectivity index (χ2n) is 6.53. The summed E-state index contributed by atoms with van der Waals surface area (Å²) in [5.41, 5.74) is 5.86. The van der Waals surface area contributed by atoms with Crippen molar-refractivity contribution in [1.29, 1.82) is 0 Å². The van der Waals surface area contributed by atoms with Gasteiger partial charge in [-0.25, -0.2) is 4.79 Å². The molecule has 0 aliphatic carbocycles. The molecule has 26 heavy (non-hydrogen) atoms. The molecule has 1 atom stereocenters. The number of rotatable bonds is 5. The number of aryl methyl sites for hydroxylation is 4. The first-order valence-corrected chi connectivity index (χ1v) is 8.61. The van der Waals surface area contributed by atoms with Crippen LogP contribution in [0.15, 0.2) is 42.5 Å². The standard InChI is InChI=1S/C22H25NO3/c1-14-12-16(3)21(17(4)13-14)23-22(25)18(5)26-20(24)11-10-19-9-7-6-8-15(19)2/h6-13,18H,1-5H3,(H,23,25)/b11-10+/t18-/m1/s1. The van der Waals surface area contributed by atoms with E-state index in [0.717, 1.165) is 33.5 Å². The summed E-state index contributed by atoms with van der Waals surface area (Å²) < 4.78 is 5.21. The Balaban J connectivity index is 1.99. The van der Waals surface area contributed by atoms with Crippen molar-refractivity contribution in [3.05, 3.63) is 70.3 Å². The number of hydrogen-bond acceptors (Lipinski definition) is 3. The smallest absolute Gasteiger partial charge is 0.331 e. The molecule has 0 saturated heterocycles. The lowest BCUT2D eigenvalue weighted by Gasteiger charge is -2.16. The Hall–Kier alpha value is -2.88. The van der Waals surface area contributed by atoms with Gasteiger partial charge in [-0.05, 0) is 62.9 Å². The molecule has 136 valence electrons. The van der Waals surface area contributed by atoms with Gasteiger partial charge in [-0.1, -0.05) is 42.0 Å². The van der Waals surface area contributed by atoms with Gasteiger partial charge in [-0.3, -0.25) is 4.79 Å². The van der Waals surface area contributed by atoms with E-state index in [2.05, 4.69) is 5.32 Å². The number of amides is 1. The minimum Gasteiger partial charge on any atom is -0.449 e. The minimum atomic E-state index is -0.885. The third kappa shape index (κ3) is 5.06. The van der Waals surface area contributed by atoms with Crippen LogP contribution < -0.4 is 5.32 Å². The highest BCUT2D eigenvalue weighted by Gasteiger charge is 2.18. The zero-order valence-corrected chi connectivity index (χ0v) is 15.9. The van der Waals surface area contributed by atoms with Crippen molar-refractivity contribution in [3.63, 3.8) is 0 Å². The number of nitrogens with one attached hydrogen (secondary N) is 1. The van der Waals surface area contributed by atoms with Gasteiger partial charge in [0, 0.05) is 11.8 Å². The summed E-state index contributed by atoms with van der Waals surface area (Å²) in [6, 6.07) is 11.7. The van der Waals surface area contributed by atoms with Crippen LogP contribution in [0.2, 0.25) is 0 Å². The molecule has 0 bridgehead atoms. The maximum Gasteiger partial charge on any atom is 0.331 e. The van der Waals surface area contributed by atoms with Crippen LogP contribution in [0.5, 0.6) is 0 Å². The summed E-state index contributed by atoms with van der Waals surface area (Å²) in [7, 11) is 0. The molecular weight excluding hydrogens is 326 g/mol. The van der Waals surface area contributed by atoms with E-state index in [9.17, 15) is 9.59 Å². The Labute approximate surface area is 154 Å². The van der Waals surface area contributed by atoms with Crippen LogP contribution in [0.1, 0.15) is 34.7 Å². The Morgan fingerprint density at radius 1 is 1.00 bits per heavy atom. The van der Waals surface area contributed by atoms with Crippen molar-refractivity contribution in [2.45, 2.75) is 40.7 Å². The number of carbonyl (C=O) groups is 2. The molecule has 1 N–H and O–H groups in total. The molecule has 0 saturated carbocycles. The van der Waals surface area contributed by atoms with E-state index in [4.69, 9.17) is 4.74 Å². The molecule has 4 nitrogen and oxygen atoms in total. The van der Waals surface area contributed by atoms with Gasteiger partial charge in [0.05, 0.1) is 0 Å². The van der Waals surface area contributed by atoms with E-state index in [-0.39, 0.29) is 5.91 Å². The van der Waals surface area contributed by atoms with Gasteiger partial charge >= 0.3 is 5.97 Å². The summed E-state index contributed by atoms with van der Waals surface area (Å²) in [5.74, 6) is -0.897. The molecular formula is C22H25NO3. The molecule has 2 aromatic carbocycles. The predicted octanol–water partition coefficient (Wildman–Crippen LogP) is 4.50. The van der Waals surface area contributed by atoms with E-state index in [1.165, 1.54) is 6.08 Å². The second kappa shape index (κ2) is 8.48. The average molecular weight is 351 g/mol. The van der Waals surface area contributed by atoms with Crippen LogP contribution in [0.25, 0.3) is 6.08 Å². The minimum absolute atomic E-state index is 0.349. The highest BCUT2D eigenvalue weighted by atomic mass is 16.5. The van der Waals surface area contributed by atoms with Crippen molar-refractivity contribution < 1.29 is 14.3 Å². The molecule has 2 rings (SSSR count). The molecule has 2 aromatic rings. The van der Waals surface area contributed by atoms with Gasteiger partial charge in [-0.15, -0.1) is 0 Å². The van der Waals surface area contributed by atoms with Crippen molar-refractivity contribution in [2.75, 3.05) is 5.32 Å². The fraction of sp³-hybridized carbons (Fsp3) is 0.273. The summed E-state index contributed by atoms with van der Waals surface area (Å²) in [4.78, 5) is 24.3. The summed E-state index contributed by atoms with van der Waals surface area (Å²) >= 11 is 0. The number of benzene rings is 2. The lowest BCUT2D eigenvalue weighted by Crippen LogP contribution is -2.30. The molecule has 0 unspecified atom stereocenters. The maximum absolute atomic E-state index is 12.4. The van der Waals surface area contributed by atoms with Gasteiger partial charge in [0.15, 0.2) is 6.10 Å². The number of anilines is 1. The van der Waals surface area contributed by atoms with Crippen molar-refractivity contribution in [2.24, 2.45) is 0 Å². The van der Waals surface area contributed by atoms with E-state index in [1.807, 2.05) is 64.1 Å². The fourth-order valence-electron chi connectivity index (χ4n) is 2.80. The Bertz CT molecular complexity index is 829. The molecule has 0 aliphatic heterocycles. The molecule has 0 fully saturated rings. The van der Waals surface area contributed by atoms with Gasteiger partial charge in [0.25, 0.3) is 5.91 Å². The molecule has 0 spiro atoms. The van der Waals surface area contributed by atoms with E-state index >= 15 is 0 Å². The van der Waals surface area contributed by atoms with Gasteiger partial charge in [0.1, 0.15) is 0 Å². The first-order valence-electron chi connectivity index (χ1n) is 8.61. The van der Waals surface area contributed by atoms with Crippen LogP contribution in [0.4, 0.5) is 5.69 Å². The Kier molecular flexibility index (Phi) is 6.34. The Morgan fingerprint density at radius 2 is 1.62 bits per heavy atom. The highest BCUT2D eigenvalue weighted by molar-refractivity contribution is 5.97. The zero-order chi connectivity index (χ0) is 19.3. The van der Waals surface area contributed by atoms with Crippen LogP contribution >= 0.6 is 0 Å². The zero-order valence-electron chi connectivity index (χ0n) is 15.9. The van der Waals surface area contributed by atoms with Crippen LogP contribution in [-0.4, -0.2) is 18.0 Å². The van der Waals surface area contributed by atoms with Crippen LogP contribution in [0, 0.1) is 27.7 Å². The van der Waals surface area contributed by atoms with Crippen LogP contribution in [-0.2, 0) is 14.3 Å². The topological polar surface area (TPSA) is 55.4 Å². The largest absolute Gasteiger partial charge is 0.449 e. The lowest BCUT2D eigenvalue weighted by molar-refractivity contribution is -0.148. The lowest BCUT2D eigenvalue weighted by atomic mass is 10.0. The highest BCUT2D eigenvalue weighted by Crippen LogP contribution is 2.22. The molecule has 0 radical (unpaired) electrons. The van der Waals surface area contributed by atoms with Gasteiger partial charge < -0.3 is 10.1 Å². The molecule has 0 heterocycles. The van der Waals surface area contributed by atoms with E-state index in [1.54, 1.807) is 13.0 Å². The number of carbonyl (C=O) groups excluding carboxylic acids is 2. The van der Waals surface area contributed by atoms with Crippen molar-refractivity contribution in [1.82, 2.24) is 0 Å². The average Bonchev–Trinajstić information content (AvgIpc) is 2.57. The third-order valence-corrected chi connectivity index (χ3v) is 4.17. The monoisotopic (exact) mass is 351 g/mol. The summed E-state index contributed by atoms with van der Waals surface area (Å²) in [6.45, 7) is 9.42. The van der Waals surface area contributed by atoms with Crippen molar-refractivity contribution >= 4 is 23.6 Å². The number of hydrogen-bond donors (Lipinski definition) is 1. The first-order chi connectivity index (χ1) is 12.3. The fourth-order valence-corrected chi connectivity index (χ4v) is 2.80. The molecule has 0 aliphatic rings. The predicted molar refractivity (Wildman–Crippen MR) is 105 cm³/mol. The molecule has 4 heteroatoms. The van der Waals surface area contributed by atoms with Gasteiger partial charge in [-0.2, -0.15) is 0 Å². The molecule has 1 amide bonds. The number of esters is 1. The van der Waals surface area contributed by atoms with Crippen LogP contribution in [0.3, 0.4) is 0 Å². The second-order valence-corrected chi connectivity index (χ2v) is 6.53. The van der Waals surface area contributed by atoms with Gasteiger partial charge in [0.2, 0.25) is 0 Å². The Morgan fingerprint density at radius 3 is 2.23 bits per heavy atom. The van der Waals surface area contributed by atoms with Crippen molar-refractivity contribution in [3.8, 4) is 0 Å². The maximum atomic E-state index is 12.4. The van der Waals surface area contributed by atoms with E-state index in [0.29, 0.717) is 0 Å². The SMILES string of the molecule is Cc1cc(C)c(NC(=O)[C@@H](C)OC(=O)/C=C/c2ccccc2C)c(C)c1. The first kappa shape index (κ1) is 19.4.